The number of amides is 1. The van der Waals surface area contributed by atoms with Crippen LogP contribution in [0.15, 0.2) is 60.7 Å². The van der Waals surface area contributed by atoms with E-state index in [1.54, 1.807) is 24.0 Å². The Hall–Kier alpha value is -2.59. The van der Waals surface area contributed by atoms with Crippen LogP contribution in [0.5, 0.6) is 0 Å². The monoisotopic (exact) mass is 371 g/mol. The highest BCUT2D eigenvalue weighted by Crippen LogP contribution is 2.17. The molecule has 0 saturated carbocycles. The van der Waals surface area contributed by atoms with E-state index in [0.29, 0.717) is 18.2 Å². The highest BCUT2D eigenvalue weighted by Gasteiger charge is 2.15. The van der Waals surface area contributed by atoms with E-state index in [-0.39, 0.29) is 24.8 Å². The Morgan fingerprint density at radius 2 is 1.77 bits per heavy atom. The molecule has 0 fully saturated rings. The molecule has 0 N–H and O–H groups in total. The normalized spacial score (nSPS) is 10.7. The van der Waals surface area contributed by atoms with Gasteiger partial charge in [-0.2, -0.15) is 0 Å². The molecule has 0 aliphatic heterocycles. The van der Waals surface area contributed by atoms with Gasteiger partial charge in [-0.05, 0) is 30.2 Å². The number of hydrogen-bond acceptors (Lipinski definition) is 3. The van der Waals surface area contributed by atoms with Crippen molar-refractivity contribution < 1.29 is 14.3 Å². The van der Waals surface area contributed by atoms with E-state index in [9.17, 15) is 9.59 Å². The molecule has 0 aromatic heterocycles. The third-order valence-corrected chi connectivity index (χ3v) is 4.11. The minimum atomic E-state index is -0.323. The van der Waals surface area contributed by atoms with Crippen molar-refractivity contribution in [2.75, 3.05) is 13.2 Å². The summed E-state index contributed by atoms with van der Waals surface area (Å²) < 4.78 is 4.95. The lowest BCUT2D eigenvalue weighted by atomic mass is 10.2. The van der Waals surface area contributed by atoms with Crippen LogP contribution in [0.2, 0.25) is 5.02 Å². The average molecular weight is 372 g/mol. The lowest BCUT2D eigenvalue weighted by Crippen LogP contribution is -2.31. The Kier molecular flexibility index (Phi) is 7.90. The molecule has 136 valence electrons. The van der Waals surface area contributed by atoms with Crippen molar-refractivity contribution in [3.63, 3.8) is 0 Å². The largest absolute Gasteiger partial charge is 0.466 e. The number of hydrogen-bond donors (Lipinski definition) is 0. The van der Waals surface area contributed by atoms with Crippen LogP contribution in [0, 0.1) is 0 Å². The van der Waals surface area contributed by atoms with Crippen molar-refractivity contribution in [1.82, 2.24) is 4.90 Å². The maximum atomic E-state index is 12.6. The van der Waals surface area contributed by atoms with Crippen LogP contribution < -0.4 is 0 Å². The number of ether oxygens (including phenoxy) is 1. The molecule has 0 radical (unpaired) electrons. The molecule has 26 heavy (non-hydrogen) atoms. The molecule has 0 heterocycles. The van der Waals surface area contributed by atoms with Gasteiger partial charge in [0.05, 0.1) is 13.0 Å². The number of benzene rings is 2. The van der Waals surface area contributed by atoms with Gasteiger partial charge in [-0.25, -0.2) is 0 Å². The molecule has 5 heteroatoms. The van der Waals surface area contributed by atoms with Crippen molar-refractivity contribution in [3.8, 4) is 0 Å². The summed E-state index contributed by atoms with van der Waals surface area (Å²) in [5.74, 6) is -0.505. The molecule has 0 aliphatic carbocycles. The molecule has 0 saturated heterocycles. The quantitative estimate of drug-likeness (QED) is 0.512. The number of carbonyl (C=O) groups excluding carboxylic acids is 2. The molecule has 0 bridgehead atoms. The zero-order chi connectivity index (χ0) is 18.8. The highest BCUT2D eigenvalue weighted by atomic mass is 35.5. The molecular formula is C21H22ClNO3. The summed E-state index contributed by atoms with van der Waals surface area (Å²) in [6.07, 6.45) is 3.41. The third kappa shape index (κ3) is 6.37. The number of halogens is 1. The summed E-state index contributed by atoms with van der Waals surface area (Å²) in [6.45, 7) is 2.68. The van der Waals surface area contributed by atoms with Crippen molar-refractivity contribution in [2.45, 2.75) is 19.9 Å². The van der Waals surface area contributed by atoms with Gasteiger partial charge < -0.3 is 9.64 Å². The highest BCUT2D eigenvalue weighted by molar-refractivity contribution is 6.31. The second-order valence-corrected chi connectivity index (χ2v) is 6.06. The average Bonchev–Trinajstić information content (AvgIpc) is 2.65. The molecule has 0 aliphatic rings. The van der Waals surface area contributed by atoms with Crippen LogP contribution in [-0.2, 0) is 20.9 Å². The predicted octanol–water partition coefficient (Wildman–Crippen LogP) is 4.34. The number of esters is 1. The molecule has 2 aromatic rings. The van der Waals surface area contributed by atoms with E-state index in [0.717, 1.165) is 11.1 Å². The topological polar surface area (TPSA) is 46.6 Å². The fourth-order valence-electron chi connectivity index (χ4n) is 2.40. The van der Waals surface area contributed by atoms with Crippen molar-refractivity contribution in [1.29, 1.82) is 0 Å². The zero-order valence-electron chi connectivity index (χ0n) is 14.7. The lowest BCUT2D eigenvalue weighted by Gasteiger charge is -2.21. The Morgan fingerprint density at radius 1 is 1.08 bits per heavy atom. The standard InChI is InChI=1S/C21H22ClNO3/c1-2-26-21(25)14-15-23(16-18-10-6-7-11-19(18)22)20(24)13-12-17-8-4-3-5-9-17/h3-13H,2,14-16H2,1H3/b13-12+. The van der Waals surface area contributed by atoms with Gasteiger partial charge in [-0.15, -0.1) is 0 Å². The number of rotatable bonds is 8. The van der Waals surface area contributed by atoms with Crippen molar-refractivity contribution in [3.05, 3.63) is 76.8 Å². The van der Waals surface area contributed by atoms with Gasteiger partial charge in [0.15, 0.2) is 0 Å². The van der Waals surface area contributed by atoms with E-state index in [2.05, 4.69) is 0 Å². The van der Waals surface area contributed by atoms with E-state index in [1.165, 1.54) is 6.08 Å². The predicted molar refractivity (Wildman–Crippen MR) is 104 cm³/mol. The molecule has 2 rings (SSSR count). The van der Waals surface area contributed by atoms with E-state index in [4.69, 9.17) is 16.3 Å². The van der Waals surface area contributed by atoms with Gasteiger partial charge in [-0.3, -0.25) is 9.59 Å². The zero-order valence-corrected chi connectivity index (χ0v) is 15.5. The first kappa shape index (κ1) is 19.7. The van der Waals surface area contributed by atoms with Crippen molar-refractivity contribution in [2.24, 2.45) is 0 Å². The van der Waals surface area contributed by atoms with Gasteiger partial charge in [0.25, 0.3) is 0 Å². The maximum absolute atomic E-state index is 12.6. The Labute approximate surface area is 159 Å². The Morgan fingerprint density at radius 3 is 2.46 bits per heavy atom. The summed E-state index contributed by atoms with van der Waals surface area (Å²) in [6, 6.07) is 16.9. The number of nitrogens with zero attached hydrogens (tertiary/aromatic N) is 1. The fourth-order valence-corrected chi connectivity index (χ4v) is 2.59. The summed E-state index contributed by atoms with van der Waals surface area (Å²) in [5.41, 5.74) is 1.77. The van der Waals surface area contributed by atoms with Crippen LogP contribution in [0.1, 0.15) is 24.5 Å². The summed E-state index contributed by atoms with van der Waals surface area (Å²) >= 11 is 6.21. The van der Waals surface area contributed by atoms with E-state index in [1.807, 2.05) is 48.5 Å². The smallest absolute Gasteiger partial charge is 0.307 e. The second-order valence-electron chi connectivity index (χ2n) is 5.65. The van der Waals surface area contributed by atoms with Gasteiger partial charge in [0.2, 0.25) is 5.91 Å². The first-order valence-corrected chi connectivity index (χ1v) is 8.89. The molecule has 4 nitrogen and oxygen atoms in total. The molecule has 0 unspecified atom stereocenters. The fraction of sp³-hybridized carbons (Fsp3) is 0.238. The SMILES string of the molecule is CCOC(=O)CCN(Cc1ccccc1Cl)C(=O)/C=C/c1ccccc1. The van der Waals surface area contributed by atoms with Gasteiger partial charge >= 0.3 is 5.97 Å². The van der Waals surface area contributed by atoms with Crippen molar-refractivity contribution >= 4 is 29.6 Å². The van der Waals surface area contributed by atoms with Gasteiger partial charge in [0.1, 0.15) is 0 Å². The molecule has 1 amide bonds. The van der Waals surface area contributed by atoms with Crippen LogP contribution in [0.3, 0.4) is 0 Å². The molecule has 2 aromatic carbocycles. The molecule has 0 atom stereocenters. The third-order valence-electron chi connectivity index (χ3n) is 3.74. The molecule has 0 spiro atoms. The minimum absolute atomic E-state index is 0.142. The molecular weight excluding hydrogens is 350 g/mol. The lowest BCUT2D eigenvalue weighted by molar-refractivity contribution is -0.143. The number of carbonyl (C=O) groups is 2. The van der Waals surface area contributed by atoms with E-state index < -0.39 is 0 Å². The van der Waals surface area contributed by atoms with Crippen LogP contribution in [0.4, 0.5) is 0 Å². The summed E-state index contributed by atoms with van der Waals surface area (Å²) in [7, 11) is 0. The maximum Gasteiger partial charge on any atom is 0.307 e. The van der Waals surface area contributed by atoms with Gasteiger partial charge in [-0.1, -0.05) is 60.1 Å². The van der Waals surface area contributed by atoms with Crippen LogP contribution in [-0.4, -0.2) is 29.9 Å². The van der Waals surface area contributed by atoms with E-state index >= 15 is 0 Å². The van der Waals surface area contributed by atoms with Crippen LogP contribution >= 0.6 is 11.6 Å². The van der Waals surface area contributed by atoms with Crippen LogP contribution in [0.25, 0.3) is 6.08 Å². The van der Waals surface area contributed by atoms with Gasteiger partial charge in [0, 0.05) is 24.2 Å². The Balaban J connectivity index is 2.10. The summed E-state index contributed by atoms with van der Waals surface area (Å²) in [4.78, 5) is 25.9. The first-order chi connectivity index (χ1) is 12.6. The first-order valence-electron chi connectivity index (χ1n) is 8.51. The Bertz CT molecular complexity index is 759. The second kappa shape index (κ2) is 10.4. The minimum Gasteiger partial charge on any atom is -0.466 e. The summed E-state index contributed by atoms with van der Waals surface area (Å²) in [5, 5.41) is 0.591.